The molecular weight excluding hydrogens is 198 g/mol. The van der Waals surface area contributed by atoms with Crippen molar-refractivity contribution in [2.45, 2.75) is 32.9 Å². The monoisotopic (exact) mass is 213 g/mol. The number of ether oxygens (including phenoxy) is 1. The highest BCUT2D eigenvalue weighted by Gasteiger charge is 2.16. The van der Waals surface area contributed by atoms with Crippen molar-refractivity contribution in [3.63, 3.8) is 0 Å². The summed E-state index contributed by atoms with van der Waals surface area (Å²) in [6.07, 6.45) is -0.481. The summed E-state index contributed by atoms with van der Waals surface area (Å²) in [4.78, 5) is 11.3. The van der Waals surface area contributed by atoms with Gasteiger partial charge in [-0.1, -0.05) is 0 Å². The Hall–Kier alpha value is -1.66. The number of carbonyl (C=O) groups is 1. The van der Waals surface area contributed by atoms with Crippen molar-refractivity contribution in [2.24, 2.45) is 7.05 Å². The van der Waals surface area contributed by atoms with Crippen LogP contribution in [0.4, 0.5) is 4.79 Å². The minimum absolute atomic E-state index is 0.248. The highest BCUT2D eigenvalue weighted by molar-refractivity contribution is 5.67. The Labute approximate surface area is 87.8 Å². The molecule has 0 aliphatic rings. The number of amides is 1. The minimum atomic E-state index is -0.498. The Balaban J connectivity index is 2.38. The fourth-order valence-electron chi connectivity index (χ4n) is 0.863. The molecule has 0 bridgehead atoms. The lowest BCUT2D eigenvalue weighted by Crippen LogP contribution is -2.32. The predicted molar refractivity (Wildman–Crippen MR) is 51.9 cm³/mol. The largest absolute Gasteiger partial charge is 0.444 e. The topological polar surface area (TPSA) is 81.9 Å². The third kappa shape index (κ3) is 3.92. The fourth-order valence-corrected chi connectivity index (χ4v) is 0.863. The zero-order chi connectivity index (χ0) is 11.5. The van der Waals surface area contributed by atoms with E-state index in [-0.39, 0.29) is 6.54 Å². The number of tetrazole rings is 1. The number of hydrogen-bond acceptors (Lipinski definition) is 5. The number of alkyl carbamates (subject to hydrolysis) is 1. The molecule has 0 saturated carbocycles. The van der Waals surface area contributed by atoms with Crippen molar-refractivity contribution >= 4 is 6.09 Å². The van der Waals surface area contributed by atoms with Crippen LogP contribution in [0.25, 0.3) is 0 Å². The van der Waals surface area contributed by atoms with Gasteiger partial charge in [0.15, 0.2) is 5.82 Å². The number of aryl methyl sites for hydroxylation is 1. The van der Waals surface area contributed by atoms with E-state index >= 15 is 0 Å². The van der Waals surface area contributed by atoms with Crippen LogP contribution in [-0.4, -0.2) is 31.9 Å². The maximum atomic E-state index is 11.3. The van der Waals surface area contributed by atoms with Crippen LogP contribution in [0.1, 0.15) is 26.6 Å². The molecule has 0 aromatic carbocycles. The molecule has 1 rings (SSSR count). The highest BCUT2D eigenvalue weighted by Crippen LogP contribution is 2.06. The first kappa shape index (κ1) is 11.4. The van der Waals surface area contributed by atoms with Gasteiger partial charge in [-0.3, -0.25) is 0 Å². The fraction of sp³-hybridized carbons (Fsp3) is 0.750. The van der Waals surface area contributed by atoms with Crippen molar-refractivity contribution in [2.75, 3.05) is 0 Å². The van der Waals surface area contributed by atoms with Crippen molar-refractivity contribution < 1.29 is 9.53 Å². The van der Waals surface area contributed by atoms with E-state index < -0.39 is 11.7 Å². The Kier molecular flexibility index (Phi) is 3.23. The first-order chi connectivity index (χ1) is 6.88. The molecule has 15 heavy (non-hydrogen) atoms. The molecule has 7 heteroatoms. The summed E-state index contributed by atoms with van der Waals surface area (Å²) >= 11 is 0. The molecule has 0 aliphatic heterocycles. The Morgan fingerprint density at radius 1 is 1.53 bits per heavy atom. The number of nitrogens with zero attached hydrogens (tertiary/aromatic N) is 4. The molecule has 0 saturated heterocycles. The van der Waals surface area contributed by atoms with Gasteiger partial charge >= 0.3 is 6.09 Å². The zero-order valence-corrected chi connectivity index (χ0v) is 9.31. The molecule has 0 aliphatic carbocycles. The van der Waals surface area contributed by atoms with Crippen LogP contribution in [-0.2, 0) is 18.3 Å². The Morgan fingerprint density at radius 3 is 2.67 bits per heavy atom. The van der Waals surface area contributed by atoms with Crippen molar-refractivity contribution in [1.29, 1.82) is 0 Å². The molecule has 0 atom stereocenters. The van der Waals surface area contributed by atoms with E-state index in [2.05, 4.69) is 20.8 Å². The molecule has 7 nitrogen and oxygen atoms in total. The minimum Gasteiger partial charge on any atom is -0.444 e. The van der Waals surface area contributed by atoms with E-state index in [0.717, 1.165) is 0 Å². The van der Waals surface area contributed by atoms with E-state index in [1.54, 1.807) is 27.8 Å². The van der Waals surface area contributed by atoms with Crippen molar-refractivity contribution in [3.8, 4) is 0 Å². The second-order valence-corrected chi connectivity index (χ2v) is 4.07. The SMILES string of the molecule is Cn1nnnc1CNC(=O)OC(C)(C)C. The van der Waals surface area contributed by atoms with Gasteiger partial charge in [0.1, 0.15) is 5.60 Å². The van der Waals surface area contributed by atoms with Gasteiger partial charge in [-0.25, -0.2) is 9.48 Å². The molecule has 1 aromatic rings. The van der Waals surface area contributed by atoms with E-state index in [1.807, 2.05) is 0 Å². The number of aromatic nitrogens is 4. The van der Waals surface area contributed by atoms with Crippen LogP contribution in [0.5, 0.6) is 0 Å². The Morgan fingerprint density at radius 2 is 2.20 bits per heavy atom. The van der Waals surface area contributed by atoms with Crippen molar-refractivity contribution in [3.05, 3.63) is 5.82 Å². The lowest BCUT2D eigenvalue weighted by molar-refractivity contribution is 0.0521. The summed E-state index contributed by atoms with van der Waals surface area (Å²) < 4.78 is 6.53. The molecular formula is C8H15N5O2. The van der Waals surface area contributed by atoms with E-state index in [9.17, 15) is 4.79 Å². The van der Waals surface area contributed by atoms with Crippen LogP contribution in [0.15, 0.2) is 0 Å². The summed E-state index contributed by atoms with van der Waals surface area (Å²) in [6.45, 7) is 5.65. The second kappa shape index (κ2) is 4.24. The molecule has 1 aromatic heterocycles. The van der Waals surface area contributed by atoms with Crippen LogP contribution in [0, 0.1) is 0 Å². The number of hydrogen-bond donors (Lipinski definition) is 1. The lowest BCUT2D eigenvalue weighted by Gasteiger charge is -2.19. The average molecular weight is 213 g/mol. The molecule has 1 N–H and O–H groups in total. The normalized spacial score (nSPS) is 11.2. The van der Waals surface area contributed by atoms with Gasteiger partial charge in [-0.15, -0.1) is 5.10 Å². The molecule has 0 fully saturated rings. The van der Waals surface area contributed by atoms with Gasteiger partial charge < -0.3 is 10.1 Å². The van der Waals surface area contributed by atoms with Crippen LogP contribution < -0.4 is 5.32 Å². The third-order valence-corrected chi connectivity index (χ3v) is 1.50. The van der Waals surface area contributed by atoms with E-state index in [0.29, 0.717) is 5.82 Å². The zero-order valence-electron chi connectivity index (χ0n) is 9.31. The van der Waals surface area contributed by atoms with Gasteiger partial charge in [-0.2, -0.15) is 0 Å². The summed E-state index contributed by atoms with van der Waals surface area (Å²) in [5, 5.41) is 13.4. The quantitative estimate of drug-likeness (QED) is 0.760. The number of rotatable bonds is 2. The van der Waals surface area contributed by atoms with Gasteiger partial charge in [0.2, 0.25) is 0 Å². The molecule has 84 valence electrons. The predicted octanol–water partition coefficient (Wildman–Crippen LogP) is 0.235. The summed E-state index contributed by atoms with van der Waals surface area (Å²) in [5.74, 6) is 0.570. The van der Waals surface area contributed by atoms with Crippen LogP contribution in [0.2, 0.25) is 0 Å². The van der Waals surface area contributed by atoms with Crippen molar-refractivity contribution in [1.82, 2.24) is 25.5 Å². The van der Waals surface area contributed by atoms with Crippen LogP contribution in [0.3, 0.4) is 0 Å². The standard InChI is InChI=1S/C8H15N5O2/c1-8(2,3)15-7(14)9-5-6-10-11-12-13(6)4/h5H2,1-4H3,(H,9,14). The van der Waals surface area contributed by atoms with Gasteiger partial charge in [0.25, 0.3) is 0 Å². The Bertz CT molecular complexity index is 341. The van der Waals surface area contributed by atoms with Crippen LogP contribution >= 0.6 is 0 Å². The first-order valence-electron chi connectivity index (χ1n) is 4.56. The molecule has 1 amide bonds. The molecule has 0 unspecified atom stereocenters. The molecule has 0 radical (unpaired) electrons. The maximum Gasteiger partial charge on any atom is 0.408 e. The number of carbonyl (C=O) groups excluding carboxylic acids is 1. The van der Waals surface area contributed by atoms with E-state index in [4.69, 9.17) is 4.74 Å². The summed E-state index contributed by atoms with van der Waals surface area (Å²) in [7, 11) is 1.70. The number of nitrogens with one attached hydrogen (secondary N) is 1. The maximum absolute atomic E-state index is 11.3. The third-order valence-electron chi connectivity index (χ3n) is 1.50. The lowest BCUT2D eigenvalue weighted by atomic mass is 10.2. The van der Waals surface area contributed by atoms with Gasteiger partial charge in [0, 0.05) is 7.05 Å². The van der Waals surface area contributed by atoms with E-state index in [1.165, 1.54) is 4.68 Å². The second-order valence-electron chi connectivity index (χ2n) is 4.07. The summed E-state index contributed by atoms with van der Waals surface area (Å²) in [5.41, 5.74) is -0.498. The highest BCUT2D eigenvalue weighted by atomic mass is 16.6. The molecule has 0 spiro atoms. The molecule has 1 heterocycles. The van der Waals surface area contributed by atoms with Gasteiger partial charge in [0.05, 0.1) is 6.54 Å². The first-order valence-corrected chi connectivity index (χ1v) is 4.56. The van der Waals surface area contributed by atoms with Gasteiger partial charge in [-0.05, 0) is 31.2 Å². The smallest absolute Gasteiger partial charge is 0.408 e. The summed E-state index contributed by atoms with van der Waals surface area (Å²) in [6, 6.07) is 0. The average Bonchev–Trinajstić information content (AvgIpc) is 2.44.